The van der Waals surface area contributed by atoms with E-state index >= 15 is 0 Å². The van der Waals surface area contributed by atoms with Gasteiger partial charge in [0.25, 0.3) is 0 Å². The average Bonchev–Trinajstić information content (AvgIpc) is 3.31. The second kappa shape index (κ2) is 6.58. The fraction of sp³-hybridized carbons (Fsp3) is 0.316. The summed E-state index contributed by atoms with van der Waals surface area (Å²) >= 11 is 0. The van der Waals surface area contributed by atoms with E-state index in [2.05, 4.69) is 6.07 Å². The van der Waals surface area contributed by atoms with Gasteiger partial charge in [0.15, 0.2) is 9.84 Å². The molecule has 25 heavy (non-hydrogen) atoms. The van der Waals surface area contributed by atoms with Crippen molar-refractivity contribution in [2.75, 3.05) is 13.2 Å². The lowest BCUT2D eigenvalue weighted by atomic mass is 10.0. The summed E-state index contributed by atoms with van der Waals surface area (Å²) in [6.07, 6.45) is 0. The van der Waals surface area contributed by atoms with Gasteiger partial charge in [-0.2, -0.15) is 5.26 Å². The summed E-state index contributed by atoms with van der Waals surface area (Å²) in [5.41, 5.74) is -0.533. The van der Waals surface area contributed by atoms with E-state index in [0.717, 1.165) is 0 Å². The second-order valence-electron chi connectivity index (χ2n) is 6.10. The predicted octanol–water partition coefficient (Wildman–Crippen LogP) is 3.31. The van der Waals surface area contributed by atoms with Gasteiger partial charge in [-0.3, -0.25) is 0 Å². The Bertz CT molecular complexity index is 891. The van der Waals surface area contributed by atoms with Crippen LogP contribution in [0.3, 0.4) is 0 Å². The zero-order valence-electron chi connectivity index (χ0n) is 13.7. The molecule has 1 fully saturated rings. The third-order valence-electron chi connectivity index (χ3n) is 4.64. The lowest BCUT2D eigenvalue weighted by Gasteiger charge is -2.09. The highest BCUT2D eigenvalue weighted by atomic mass is 32.2. The molecule has 1 aliphatic carbocycles. The van der Waals surface area contributed by atoms with Crippen molar-refractivity contribution in [2.45, 2.75) is 23.0 Å². The number of ether oxygens (including phenoxy) is 1. The number of rotatable bonds is 6. The van der Waals surface area contributed by atoms with Crippen LogP contribution in [-0.2, 0) is 14.6 Å². The topological polar surface area (TPSA) is 67.2 Å². The van der Waals surface area contributed by atoms with Crippen LogP contribution in [0.25, 0.3) is 0 Å². The Labute approximate surface area is 146 Å². The third-order valence-corrected chi connectivity index (χ3v) is 6.94. The Balaban J connectivity index is 2.06. The van der Waals surface area contributed by atoms with Crippen molar-refractivity contribution in [3.63, 3.8) is 0 Å². The van der Waals surface area contributed by atoms with E-state index in [0.29, 0.717) is 12.2 Å². The van der Waals surface area contributed by atoms with Crippen molar-refractivity contribution in [1.29, 1.82) is 5.26 Å². The molecule has 0 saturated heterocycles. The summed E-state index contributed by atoms with van der Waals surface area (Å²) in [5.74, 6) is -0.950. The van der Waals surface area contributed by atoms with Crippen molar-refractivity contribution in [2.24, 2.45) is 5.41 Å². The molecule has 0 radical (unpaired) electrons. The molecule has 3 rings (SSSR count). The molecule has 2 aromatic rings. The summed E-state index contributed by atoms with van der Waals surface area (Å²) in [4.78, 5) is 0.181. The number of hydrogen-bond donors (Lipinski definition) is 0. The van der Waals surface area contributed by atoms with E-state index in [1.54, 1.807) is 37.3 Å². The number of halogens is 1. The standard InChI is InChI=1S/C19H18FNO3S/c1-2-24-13-19(12-21)17(14-8-10-15(20)11-9-14)18(19)25(22,23)16-6-4-3-5-7-16/h3-11,17-18H,2,13H2,1H3/t17-,18+,19+/m0/s1. The maximum atomic E-state index is 13.2. The van der Waals surface area contributed by atoms with E-state index in [4.69, 9.17) is 4.74 Å². The molecule has 0 bridgehead atoms. The zero-order chi connectivity index (χ0) is 18.1. The van der Waals surface area contributed by atoms with Gasteiger partial charge in [-0.15, -0.1) is 0 Å². The van der Waals surface area contributed by atoms with Crippen molar-refractivity contribution in [1.82, 2.24) is 0 Å². The number of benzene rings is 2. The van der Waals surface area contributed by atoms with Crippen LogP contribution < -0.4 is 0 Å². The molecular formula is C19H18FNO3S. The largest absolute Gasteiger partial charge is 0.380 e. The van der Waals surface area contributed by atoms with Crippen molar-refractivity contribution in [3.05, 3.63) is 66.0 Å². The monoisotopic (exact) mass is 359 g/mol. The van der Waals surface area contributed by atoms with Gasteiger partial charge in [0, 0.05) is 12.5 Å². The highest BCUT2D eigenvalue weighted by Crippen LogP contribution is 2.63. The lowest BCUT2D eigenvalue weighted by molar-refractivity contribution is 0.117. The minimum absolute atomic E-state index is 0.0266. The Kier molecular flexibility index (Phi) is 4.63. The lowest BCUT2D eigenvalue weighted by Crippen LogP contribution is -2.19. The van der Waals surface area contributed by atoms with Crippen LogP contribution in [0.1, 0.15) is 18.4 Å². The van der Waals surface area contributed by atoms with E-state index in [1.807, 2.05) is 0 Å². The molecule has 0 heterocycles. The molecule has 0 unspecified atom stereocenters. The summed E-state index contributed by atoms with van der Waals surface area (Å²) in [6.45, 7) is 2.21. The first-order valence-corrected chi connectivity index (χ1v) is 9.55. The zero-order valence-corrected chi connectivity index (χ0v) is 14.5. The molecule has 0 spiro atoms. The van der Waals surface area contributed by atoms with Gasteiger partial charge >= 0.3 is 0 Å². The highest BCUT2D eigenvalue weighted by molar-refractivity contribution is 7.92. The third kappa shape index (κ3) is 2.94. The molecule has 130 valence electrons. The van der Waals surface area contributed by atoms with E-state index < -0.39 is 32.2 Å². The molecule has 0 N–H and O–H groups in total. The van der Waals surface area contributed by atoms with Crippen molar-refractivity contribution >= 4 is 9.84 Å². The normalized spacial score (nSPS) is 25.3. The van der Waals surface area contributed by atoms with Gasteiger partial charge in [0.1, 0.15) is 11.2 Å². The number of hydrogen-bond acceptors (Lipinski definition) is 4. The molecule has 3 atom stereocenters. The Morgan fingerprint density at radius 2 is 1.80 bits per heavy atom. The van der Waals surface area contributed by atoms with Crippen LogP contribution in [0.15, 0.2) is 59.5 Å². The van der Waals surface area contributed by atoms with Gasteiger partial charge in [0.2, 0.25) is 0 Å². The minimum atomic E-state index is -3.72. The van der Waals surface area contributed by atoms with Crippen LogP contribution in [0.2, 0.25) is 0 Å². The maximum absolute atomic E-state index is 13.2. The summed E-state index contributed by atoms with van der Waals surface area (Å²) < 4.78 is 44.9. The van der Waals surface area contributed by atoms with Crippen LogP contribution in [0.5, 0.6) is 0 Å². The minimum Gasteiger partial charge on any atom is -0.380 e. The maximum Gasteiger partial charge on any atom is 0.183 e. The first-order chi connectivity index (χ1) is 12.0. The van der Waals surface area contributed by atoms with Gasteiger partial charge in [-0.1, -0.05) is 30.3 Å². The highest BCUT2D eigenvalue weighted by Gasteiger charge is 2.72. The van der Waals surface area contributed by atoms with Crippen LogP contribution in [0.4, 0.5) is 4.39 Å². The molecular weight excluding hydrogens is 341 g/mol. The molecule has 0 aliphatic heterocycles. The summed E-state index contributed by atoms with van der Waals surface area (Å²) in [7, 11) is -3.72. The molecule has 2 aromatic carbocycles. The van der Waals surface area contributed by atoms with Crippen LogP contribution in [0, 0.1) is 22.6 Å². The smallest absolute Gasteiger partial charge is 0.183 e. The van der Waals surface area contributed by atoms with Crippen molar-refractivity contribution in [3.8, 4) is 6.07 Å². The molecule has 1 saturated carbocycles. The van der Waals surface area contributed by atoms with Gasteiger partial charge in [-0.25, -0.2) is 12.8 Å². The average molecular weight is 359 g/mol. The van der Waals surface area contributed by atoms with Gasteiger partial charge < -0.3 is 4.74 Å². The van der Waals surface area contributed by atoms with E-state index in [9.17, 15) is 18.1 Å². The number of sulfone groups is 1. The first-order valence-electron chi connectivity index (χ1n) is 8.01. The van der Waals surface area contributed by atoms with E-state index in [1.165, 1.54) is 24.3 Å². The Morgan fingerprint density at radius 3 is 2.36 bits per heavy atom. The molecule has 1 aliphatic rings. The second-order valence-corrected chi connectivity index (χ2v) is 8.17. The van der Waals surface area contributed by atoms with E-state index in [-0.39, 0.29) is 11.5 Å². The first kappa shape index (κ1) is 17.6. The molecule has 0 aromatic heterocycles. The number of nitrogens with zero attached hydrogens (tertiary/aromatic N) is 1. The van der Waals surface area contributed by atoms with Gasteiger partial charge in [0.05, 0.1) is 22.8 Å². The Morgan fingerprint density at radius 1 is 1.16 bits per heavy atom. The van der Waals surface area contributed by atoms with Crippen LogP contribution >= 0.6 is 0 Å². The van der Waals surface area contributed by atoms with Crippen LogP contribution in [-0.4, -0.2) is 26.9 Å². The fourth-order valence-electron chi connectivity index (χ4n) is 3.37. The van der Waals surface area contributed by atoms with Crippen molar-refractivity contribution < 1.29 is 17.5 Å². The number of nitriles is 1. The summed E-state index contributed by atoms with van der Waals surface area (Å²) in [5, 5.41) is 8.87. The fourth-order valence-corrected chi connectivity index (χ4v) is 5.70. The SMILES string of the molecule is CCOC[C@@]1(C#N)[C@H](S(=O)(=O)c2ccccc2)[C@@H]1c1ccc(F)cc1. The predicted molar refractivity (Wildman–Crippen MR) is 91.1 cm³/mol. The van der Waals surface area contributed by atoms with Gasteiger partial charge in [-0.05, 0) is 36.8 Å². The Hall–Kier alpha value is -2.23. The molecule has 0 amide bonds. The quantitative estimate of drug-likeness (QED) is 0.794. The molecule has 6 heteroatoms. The molecule has 4 nitrogen and oxygen atoms in total. The summed E-state index contributed by atoms with van der Waals surface area (Å²) in [6, 6.07) is 15.9.